The number of hydrogen-bond donors (Lipinski definition) is 2. The first-order valence-electron chi connectivity index (χ1n) is 10.8. The van der Waals surface area contributed by atoms with Crippen LogP contribution in [0, 0.1) is 11.3 Å². The summed E-state index contributed by atoms with van der Waals surface area (Å²) in [6.45, 7) is 15.9. The molecular weight excluding hydrogens is 340 g/mol. The fourth-order valence-electron chi connectivity index (χ4n) is 3.88. The molecule has 1 amide bonds. The van der Waals surface area contributed by atoms with Crippen LogP contribution in [0.25, 0.3) is 0 Å². The van der Waals surface area contributed by atoms with E-state index in [0.29, 0.717) is 12.1 Å². The van der Waals surface area contributed by atoms with Crippen LogP contribution in [-0.4, -0.2) is 61.2 Å². The zero-order chi connectivity index (χ0) is 20.0. The number of likely N-dealkylation sites (tertiary alicyclic amines) is 1. The molecule has 2 N–H and O–H groups in total. The Kier molecular flexibility index (Phi) is 7.95. The molecule has 1 saturated carbocycles. The molecular formula is C21H40N4O2. The molecule has 3 atom stereocenters. The maximum atomic E-state index is 12.2. The van der Waals surface area contributed by atoms with Gasteiger partial charge in [-0.2, -0.15) is 0 Å². The smallest absolute Gasteiger partial charge is 0.225 e. The Hall–Kier alpha value is -1.30. The van der Waals surface area contributed by atoms with Gasteiger partial charge in [0.2, 0.25) is 5.91 Å². The predicted octanol–water partition coefficient (Wildman–Crippen LogP) is 2.78. The monoisotopic (exact) mass is 380 g/mol. The van der Waals surface area contributed by atoms with Gasteiger partial charge in [0, 0.05) is 49.7 Å². The highest BCUT2D eigenvalue weighted by atomic mass is 16.5. The summed E-state index contributed by atoms with van der Waals surface area (Å²) < 4.78 is 6.06. The standard InChI is InChI=1S/C21H40N4O2/c1-7-9-12-27-18-13-17(21(18,5)6)24-20(22-8-2)23-16-10-11-25(14-16)19(26)15(3)4/h15-18H,7-14H2,1-6H3,(H2,22,23,24). The van der Waals surface area contributed by atoms with E-state index in [9.17, 15) is 4.79 Å². The number of guanidine groups is 1. The van der Waals surface area contributed by atoms with Crippen LogP contribution in [0.5, 0.6) is 0 Å². The van der Waals surface area contributed by atoms with E-state index < -0.39 is 0 Å². The summed E-state index contributed by atoms with van der Waals surface area (Å²) in [6, 6.07) is 0.627. The molecule has 0 spiro atoms. The van der Waals surface area contributed by atoms with E-state index in [1.54, 1.807) is 0 Å². The SMILES string of the molecule is CCCCOC1CC(NC(=NCC)NC2CCN(C(=O)C(C)C)C2)C1(C)C. The first kappa shape index (κ1) is 22.0. The number of aliphatic imine (C=N–C) groups is 1. The van der Waals surface area contributed by atoms with Crippen molar-refractivity contribution in [2.75, 3.05) is 26.2 Å². The zero-order valence-corrected chi connectivity index (χ0v) is 18.2. The molecule has 2 fully saturated rings. The number of unbranched alkanes of at least 4 members (excludes halogenated alkanes) is 1. The summed E-state index contributed by atoms with van der Waals surface area (Å²) in [6.07, 6.45) is 4.60. The van der Waals surface area contributed by atoms with Crippen molar-refractivity contribution >= 4 is 11.9 Å². The first-order valence-corrected chi connectivity index (χ1v) is 10.8. The van der Waals surface area contributed by atoms with Crippen molar-refractivity contribution in [3.63, 3.8) is 0 Å². The quantitative estimate of drug-likeness (QED) is 0.386. The van der Waals surface area contributed by atoms with Crippen molar-refractivity contribution in [2.24, 2.45) is 16.3 Å². The minimum absolute atomic E-state index is 0.0612. The lowest BCUT2D eigenvalue weighted by Gasteiger charge is -2.52. The lowest BCUT2D eigenvalue weighted by molar-refractivity contribution is -0.133. The molecule has 2 rings (SSSR count). The van der Waals surface area contributed by atoms with Crippen LogP contribution in [-0.2, 0) is 9.53 Å². The maximum Gasteiger partial charge on any atom is 0.225 e. The van der Waals surface area contributed by atoms with Crippen LogP contribution < -0.4 is 10.6 Å². The third-order valence-electron chi connectivity index (χ3n) is 5.96. The van der Waals surface area contributed by atoms with E-state index in [4.69, 9.17) is 4.74 Å². The summed E-state index contributed by atoms with van der Waals surface area (Å²) in [5.41, 5.74) is 0.0965. The fourth-order valence-corrected chi connectivity index (χ4v) is 3.88. The minimum atomic E-state index is 0.0612. The molecule has 1 aliphatic carbocycles. The van der Waals surface area contributed by atoms with Gasteiger partial charge in [0.05, 0.1) is 6.10 Å². The molecule has 1 saturated heterocycles. The van der Waals surface area contributed by atoms with Gasteiger partial charge in [-0.25, -0.2) is 0 Å². The van der Waals surface area contributed by atoms with Gasteiger partial charge >= 0.3 is 0 Å². The average Bonchev–Trinajstić information content (AvgIpc) is 3.08. The fraction of sp³-hybridized carbons (Fsp3) is 0.905. The van der Waals surface area contributed by atoms with Crippen LogP contribution >= 0.6 is 0 Å². The first-order chi connectivity index (χ1) is 12.8. The van der Waals surface area contributed by atoms with E-state index in [1.165, 1.54) is 6.42 Å². The van der Waals surface area contributed by atoms with Crippen molar-refractivity contribution in [1.82, 2.24) is 15.5 Å². The lowest BCUT2D eigenvalue weighted by Crippen LogP contribution is -2.64. The van der Waals surface area contributed by atoms with Gasteiger partial charge in [-0.1, -0.05) is 41.0 Å². The van der Waals surface area contributed by atoms with Crippen LogP contribution in [0.15, 0.2) is 4.99 Å². The minimum Gasteiger partial charge on any atom is -0.378 e. The molecule has 1 heterocycles. The summed E-state index contributed by atoms with van der Waals surface area (Å²) >= 11 is 0. The molecule has 3 unspecified atom stereocenters. The van der Waals surface area contributed by atoms with Crippen LogP contribution in [0.4, 0.5) is 0 Å². The van der Waals surface area contributed by atoms with Crippen molar-refractivity contribution in [2.45, 2.75) is 85.4 Å². The van der Waals surface area contributed by atoms with Crippen LogP contribution in [0.2, 0.25) is 0 Å². The Morgan fingerprint density at radius 3 is 2.63 bits per heavy atom. The van der Waals surface area contributed by atoms with Gasteiger partial charge in [0.15, 0.2) is 5.96 Å². The summed E-state index contributed by atoms with van der Waals surface area (Å²) in [5, 5.41) is 7.16. The Bertz CT molecular complexity index is 518. The Labute approximate surface area is 165 Å². The Balaban J connectivity index is 1.85. The highest BCUT2D eigenvalue weighted by Crippen LogP contribution is 2.42. The van der Waals surface area contributed by atoms with Gasteiger partial charge in [-0.05, 0) is 26.2 Å². The van der Waals surface area contributed by atoms with E-state index in [0.717, 1.165) is 51.5 Å². The lowest BCUT2D eigenvalue weighted by atomic mass is 9.64. The maximum absolute atomic E-state index is 12.2. The number of rotatable bonds is 8. The van der Waals surface area contributed by atoms with Crippen molar-refractivity contribution in [1.29, 1.82) is 0 Å². The third kappa shape index (κ3) is 5.59. The number of nitrogens with one attached hydrogen (secondary N) is 2. The second-order valence-corrected chi connectivity index (χ2v) is 8.86. The number of ether oxygens (including phenoxy) is 1. The molecule has 0 aromatic heterocycles. The van der Waals surface area contributed by atoms with Gasteiger partial charge in [-0.3, -0.25) is 9.79 Å². The summed E-state index contributed by atoms with van der Waals surface area (Å²) in [7, 11) is 0. The average molecular weight is 381 g/mol. The number of amides is 1. The second kappa shape index (κ2) is 9.76. The number of nitrogens with zero attached hydrogens (tertiary/aromatic N) is 2. The number of hydrogen-bond acceptors (Lipinski definition) is 3. The van der Waals surface area contributed by atoms with Gasteiger partial charge in [0.25, 0.3) is 0 Å². The van der Waals surface area contributed by atoms with Crippen LogP contribution in [0.1, 0.15) is 67.2 Å². The summed E-state index contributed by atoms with van der Waals surface area (Å²) in [5.74, 6) is 1.17. The molecule has 1 aliphatic heterocycles. The van der Waals surface area contributed by atoms with E-state index in [-0.39, 0.29) is 23.3 Å². The molecule has 27 heavy (non-hydrogen) atoms. The highest BCUT2D eigenvalue weighted by Gasteiger charge is 2.49. The molecule has 0 aromatic rings. The van der Waals surface area contributed by atoms with E-state index >= 15 is 0 Å². The van der Waals surface area contributed by atoms with Crippen LogP contribution in [0.3, 0.4) is 0 Å². The molecule has 6 heteroatoms. The second-order valence-electron chi connectivity index (χ2n) is 8.86. The normalized spacial score (nSPS) is 27.6. The topological polar surface area (TPSA) is 66.0 Å². The zero-order valence-electron chi connectivity index (χ0n) is 18.2. The van der Waals surface area contributed by atoms with Crippen molar-refractivity contribution < 1.29 is 9.53 Å². The highest BCUT2D eigenvalue weighted by molar-refractivity contribution is 5.81. The van der Waals surface area contributed by atoms with Gasteiger partial charge in [-0.15, -0.1) is 0 Å². The van der Waals surface area contributed by atoms with Gasteiger partial charge in [0.1, 0.15) is 0 Å². The summed E-state index contributed by atoms with van der Waals surface area (Å²) in [4.78, 5) is 18.8. The molecule has 0 radical (unpaired) electrons. The van der Waals surface area contributed by atoms with E-state index in [2.05, 4.69) is 43.3 Å². The number of carbonyl (C=O) groups excluding carboxylic acids is 1. The molecule has 0 aromatic carbocycles. The Morgan fingerprint density at radius 1 is 1.30 bits per heavy atom. The van der Waals surface area contributed by atoms with Crippen molar-refractivity contribution in [3.8, 4) is 0 Å². The molecule has 156 valence electrons. The predicted molar refractivity (Wildman–Crippen MR) is 111 cm³/mol. The van der Waals surface area contributed by atoms with Gasteiger partial charge < -0.3 is 20.3 Å². The molecule has 0 bridgehead atoms. The Morgan fingerprint density at radius 2 is 2.04 bits per heavy atom. The van der Waals surface area contributed by atoms with Crippen molar-refractivity contribution in [3.05, 3.63) is 0 Å². The third-order valence-corrected chi connectivity index (χ3v) is 5.96. The number of carbonyl (C=O) groups is 1. The molecule has 6 nitrogen and oxygen atoms in total. The largest absolute Gasteiger partial charge is 0.378 e. The molecule has 2 aliphatic rings. The van der Waals surface area contributed by atoms with E-state index in [1.807, 2.05) is 18.7 Å².